The molecule has 1 aliphatic heterocycles. The van der Waals surface area contributed by atoms with Gasteiger partial charge in [0.2, 0.25) is 10.0 Å². The molecular formula is C16H20FN5O3S. The van der Waals surface area contributed by atoms with Crippen LogP contribution in [0.2, 0.25) is 0 Å². The molecule has 0 aliphatic carbocycles. The summed E-state index contributed by atoms with van der Waals surface area (Å²) in [6.45, 7) is 3.23. The van der Waals surface area contributed by atoms with E-state index in [-0.39, 0.29) is 11.4 Å². The van der Waals surface area contributed by atoms with Gasteiger partial charge in [-0.15, -0.1) is 0 Å². The highest BCUT2D eigenvalue weighted by Gasteiger charge is 2.17. The van der Waals surface area contributed by atoms with Crippen molar-refractivity contribution in [2.45, 2.75) is 4.90 Å². The van der Waals surface area contributed by atoms with Gasteiger partial charge in [-0.2, -0.15) is 0 Å². The van der Waals surface area contributed by atoms with Gasteiger partial charge in [-0.1, -0.05) is 12.1 Å². The second-order valence-electron chi connectivity index (χ2n) is 5.62. The summed E-state index contributed by atoms with van der Waals surface area (Å²) in [5.41, 5.74) is 0. The molecule has 8 nitrogen and oxygen atoms in total. The molecule has 26 heavy (non-hydrogen) atoms. The van der Waals surface area contributed by atoms with Crippen molar-refractivity contribution in [3.05, 3.63) is 42.5 Å². The maximum atomic E-state index is 13.6. The van der Waals surface area contributed by atoms with Gasteiger partial charge in [-0.05, 0) is 12.1 Å². The summed E-state index contributed by atoms with van der Waals surface area (Å²) in [5, 5.41) is 3.03. The minimum Gasteiger partial charge on any atom is -0.378 e. The van der Waals surface area contributed by atoms with E-state index in [0.29, 0.717) is 25.6 Å². The lowest BCUT2D eigenvalue weighted by molar-refractivity contribution is 0.122. The third-order valence-corrected chi connectivity index (χ3v) is 5.33. The molecule has 1 aliphatic rings. The number of hydrogen-bond donors (Lipinski definition) is 2. The van der Waals surface area contributed by atoms with Crippen molar-refractivity contribution in [1.29, 1.82) is 0 Å². The van der Waals surface area contributed by atoms with Gasteiger partial charge in [-0.3, -0.25) is 0 Å². The molecule has 1 aromatic carbocycles. The molecule has 2 aromatic rings. The Morgan fingerprint density at radius 1 is 1.15 bits per heavy atom. The molecule has 3 rings (SSSR count). The van der Waals surface area contributed by atoms with Gasteiger partial charge in [0.05, 0.1) is 13.2 Å². The Labute approximate surface area is 151 Å². The second kappa shape index (κ2) is 8.39. The van der Waals surface area contributed by atoms with E-state index in [1.165, 1.54) is 24.5 Å². The van der Waals surface area contributed by atoms with Crippen LogP contribution in [-0.4, -0.2) is 57.8 Å². The first-order valence-corrected chi connectivity index (χ1v) is 9.67. The highest BCUT2D eigenvalue weighted by Crippen LogP contribution is 2.15. The second-order valence-corrected chi connectivity index (χ2v) is 7.35. The number of aromatic nitrogens is 2. The molecule has 1 aromatic heterocycles. The average molecular weight is 381 g/mol. The Hall–Kier alpha value is -2.30. The monoisotopic (exact) mass is 381 g/mol. The Morgan fingerprint density at radius 2 is 1.92 bits per heavy atom. The molecule has 0 radical (unpaired) electrons. The number of benzene rings is 1. The number of nitrogens with zero attached hydrogens (tertiary/aromatic N) is 3. The zero-order chi connectivity index (χ0) is 18.4. The lowest BCUT2D eigenvalue weighted by Crippen LogP contribution is -2.36. The maximum absolute atomic E-state index is 13.6. The van der Waals surface area contributed by atoms with Crippen molar-refractivity contribution in [1.82, 2.24) is 14.7 Å². The first kappa shape index (κ1) is 18.5. The van der Waals surface area contributed by atoms with Crippen LogP contribution >= 0.6 is 0 Å². The first-order valence-electron chi connectivity index (χ1n) is 8.19. The standard InChI is InChI=1S/C16H20FN5O3S/c17-13-3-1-2-4-14(13)26(23,24)21-6-5-18-15-11-16(20-12-19-15)22-7-9-25-10-8-22/h1-4,11-12,21H,5-10H2,(H,18,19,20). The zero-order valence-electron chi connectivity index (χ0n) is 14.1. The summed E-state index contributed by atoms with van der Waals surface area (Å²) in [6, 6.07) is 7.06. The summed E-state index contributed by atoms with van der Waals surface area (Å²) < 4.78 is 45.5. The van der Waals surface area contributed by atoms with Crippen molar-refractivity contribution in [3.8, 4) is 0 Å². The van der Waals surface area contributed by atoms with E-state index in [1.54, 1.807) is 6.07 Å². The Bertz CT molecular complexity index is 843. The van der Waals surface area contributed by atoms with Crippen LogP contribution in [-0.2, 0) is 14.8 Å². The number of ether oxygens (including phenoxy) is 1. The van der Waals surface area contributed by atoms with Crippen molar-refractivity contribution >= 4 is 21.7 Å². The van der Waals surface area contributed by atoms with E-state index in [1.807, 2.05) is 0 Å². The Morgan fingerprint density at radius 3 is 2.69 bits per heavy atom. The number of morpholine rings is 1. The van der Waals surface area contributed by atoms with E-state index >= 15 is 0 Å². The minimum absolute atomic E-state index is 0.0908. The van der Waals surface area contributed by atoms with E-state index in [9.17, 15) is 12.8 Å². The molecule has 140 valence electrons. The summed E-state index contributed by atoms with van der Waals surface area (Å²) >= 11 is 0. The highest BCUT2D eigenvalue weighted by molar-refractivity contribution is 7.89. The number of halogens is 1. The molecule has 0 saturated carbocycles. The molecule has 1 fully saturated rings. The molecule has 1 saturated heterocycles. The maximum Gasteiger partial charge on any atom is 0.243 e. The SMILES string of the molecule is O=S(=O)(NCCNc1cc(N2CCOCC2)ncn1)c1ccccc1F. The largest absolute Gasteiger partial charge is 0.378 e. The van der Waals surface area contributed by atoms with Crippen LogP contribution in [0, 0.1) is 5.82 Å². The van der Waals surface area contributed by atoms with Gasteiger partial charge in [0.1, 0.15) is 28.7 Å². The van der Waals surface area contributed by atoms with E-state index in [0.717, 1.165) is 25.0 Å². The van der Waals surface area contributed by atoms with Crippen molar-refractivity contribution in [2.24, 2.45) is 0 Å². The van der Waals surface area contributed by atoms with Gasteiger partial charge in [0.25, 0.3) is 0 Å². The van der Waals surface area contributed by atoms with E-state index < -0.39 is 15.8 Å². The number of nitrogens with one attached hydrogen (secondary N) is 2. The fourth-order valence-corrected chi connectivity index (χ4v) is 3.63. The smallest absolute Gasteiger partial charge is 0.243 e. The fourth-order valence-electron chi connectivity index (χ4n) is 2.53. The number of hydrogen-bond acceptors (Lipinski definition) is 7. The Balaban J connectivity index is 1.53. The highest BCUT2D eigenvalue weighted by atomic mass is 32.2. The minimum atomic E-state index is -3.89. The summed E-state index contributed by atoms with van der Waals surface area (Å²) in [5.74, 6) is 0.600. The van der Waals surface area contributed by atoms with Crippen molar-refractivity contribution < 1.29 is 17.5 Å². The predicted molar refractivity (Wildman–Crippen MR) is 95.1 cm³/mol. The summed E-state index contributed by atoms with van der Waals surface area (Å²) in [7, 11) is -3.89. The third kappa shape index (κ3) is 4.65. The van der Waals surface area contributed by atoms with Crippen molar-refractivity contribution in [2.75, 3.05) is 49.6 Å². The first-order chi connectivity index (χ1) is 12.6. The van der Waals surface area contributed by atoms with Crippen molar-refractivity contribution in [3.63, 3.8) is 0 Å². The molecule has 10 heteroatoms. The molecule has 0 amide bonds. The lowest BCUT2D eigenvalue weighted by atomic mass is 10.4. The summed E-state index contributed by atoms with van der Waals surface area (Å²) in [4.78, 5) is 10.1. The van der Waals surface area contributed by atoms with E-state index in [2.05, 4.69) is 24.9 Å². The number of anilines is 2. The van der Waals surface area contributed by atoms with Crippen LogP contribution in [0.3, 0.4) is 0 Å². The fraction of sp³-hybridized carbons (Fsp3) is 0.375. The normalized spacial score (nSPS) is 15.0. The quantitative estimate of drug-likeness (QED) is 0.686. The molecule has 0 unspecified atom stereocenters. The third-order valence-electron chi connectivity index (χ3n) is 3.84. The van der Waals surface area contributed by atoms with Gasteiger partial charge >= 0.3 is 0 Å². The molecule has 0 atom stereocenters. The lowest BCUT2D eigenvalue weighted by Gasteiger charge is -2.27. The van der Waals surface area contributed by atoms with Gasteiger partial charge < -0.3 is 15.0 Å². The van der Waals surface area contributed by atoms with Crippen LogP contribution in [0.5, 0.6) is 0 Å². The van der Waals surface area contributed by atoms with Gasteiger partial charge in [-0.25, -0.2) is 27.5 Å². The number of sulfonamides is 1. The average Bonchev–Trinajstić information content (AvgIpc) is 2.66. The van der Waals surface area contributed by atoms with Crippen LogP contribution in [0.15, 0.2) is 41.6 Å². The Kier molecular flexibility index (Phi) is 5.96. The molecule has 0 bridgehead atoms. The zero-order valence-corrected chi connectivity index (χ0v) is 14.9. The van der Waals surface area contributed by atoms with Crippen LogP contribution in [0.1, 0.15) is 0 Å². The molecule has 0 spiro atoms. The molecular weight excluding hydrogens is 361 g/mol. The summed E-state index contributed by atoms with van der Waals surface area (Å²) in [6.07, 6.45) is 1.46. The predicted octanol–water partition coefficient (Wildman–Crippen LogP) is 0.843. The van der Waals surface area contributed by atoms with E-state index in [4.69, 9.17) is 4.74 Å². The number of rotatable bonds is 7. The van der Waals surface area contributed by atoms with Crippen LogP contribution in [0.4, 0.5) is 16.0 Å². The molecule has 2 N–H and O–H groups in total. The van der Waals surface area contributed by atoms with Crippen LogP contribution in [0.25, 0.3) is 0 Å². The molecule has 2 heterocycles. The van der Waals surface area contributed by atoms with Gasteiger partial charge in [0, 0.05) is 32.2 Å². The van der Waals surface area contributed by atoms with Crippen LogP contribution < -0.4 is 14.9 Å². The van der Waals surface area contributed by atoms with Gasteiger partial charge in [0.15, 0.2) is 0 Å². The topological polar surface area (TPSA) is 96.5 Å².